The molecule has 0 aliphatic carbocycles. The van der Waals surface area contributed by atoms with Crippen LogP contribution in [0.25, 0.3) is 0 Å². The number of nitrogens with zero attached hydrogens (tertiary/aromatic N) is 3. The van der Waals surface area contributed by atoms with Gasteiger partial charge < -0.3 is 15.0 Å². The van der Waals surface area contributed by atoms with Crippen molar-refractivity contribution in [1.29, 1.82) is 0 Å². The van der Waals surface area contributed by atoms with Crippen molar-refractivity contribution < 1.29 is 4.74 Å². The highest BCUT2D eigenvalue weighted by molar-refractivity contribution is 5.33. The summed E-state index contributed by atoms with van der Waals surface area (Å²) >= 11 is 0. The quantitative estimate of drug-likeness (QED) is 0.854. The van der Waals surface area contributed by atoms with Crippen molar-refractivity contribution in [2.75, 3.05) is 38.6 Å². The van der Waals surface area contributed by atoms with Crippen LogP contribution in [0.2, 0.25) is 0 Å². The first-order valence-corrected chi connectivity index (χ1v) is 6.16. The van der Waals surface area contributed by atoms with Crippen LogP contribution in [-0.2, 0) is 4.74 Å². The third kappa shape index (κ3) is 3.38. The molecule has 1 fully saturated rings. The van der Waals surface area contributed by atoms with Crippen LogP contribution < -0.4 is 5.32 Å². The van der Waals surface area contributed by atoms with Crippen LogP contribution in [0, 0.1) is 0 Å². The average molecular weight is 236 g/mol. The van der Waals surface area contributed by atoms with Crippen LogP contribution in [0.3, 0.4) is 0 Å². The lowest BCUT2D eigenvalue weighted by atomic mass is 10.2. The highest BCUT2D eigenvalue weighted by Crippen LogP contribution is 2.18. The van der Waals surface area contributed by atoms with Crippen molar-refractivity contribution in [3.63, 3.8) is 0 Å². The fraction of sp³-hybridized carbons (Fsp3) is 0.667. The monoisotopic (exact) mass is 236 g/mol. The molecule has 5 heteroatoms. The van der Waals surface area contributed by atoms with Gasteiger partial charge in [0.25, 0.3) is 0 Å². The van der Waals surface area contributed by atoms with Crippen LogP contribution in [-0.4, -0.2) is 48.2 Å². The van der Waals surface area contributed by atoms with Crippen molar-refractivity contribution in [3.05, 3.63) is 18.1 Å². The summed E-state index contributed by atoms with van der Waals surface area (Å²) in [4.78, 5) is 11.0. The molecule has 2 rings (SSSR count). The highest BCUT2D eigenvalue weighted by Gasteiger charge is 2.21. The predicted molar refractivity (Wildman–Crippen MR) is 67.0 cm³/mol. The Labute approximate surface area is 102 Å². The molecule has 1 unspecified atom stereocenters. The first-order chi connectivity index (χ1) is 8.29. The molecule has 1 aliphatic heterocycles. The highest BCUT2D eigenvalue weighted by atomic mass is 16.5. The first kappa shape index (κ1) is 12.3. The number of nitrogens with one attached hydrogen (secondary N) is 1. The zero-order valence-electron chi connectivity index (χ0n) is 10.5. The van der Waals surface area contributed by atoms with E-state index in [1.165, 1.54) is 0 Å². The first-order valence-electron chi connectivity index (χ1n) is 6.16. The van der Waals surface area contributed by atoms with E-state index in [1.54, 1.807) is 6.20 Å². The van der Waals surface area contributed by atoms with Gasteiger partial charge in [-0.3, -0.25) is 0 Å². The summed E-state index contributed by atoms with van der Waals surface area (Å²) in [5.74, 6) is 1.66. The van der Waals surface area contributed by atoms with Crippen molar-refractivity contribution >= 4 is 5.82 Å². The minimum Gasteiger partial charge on any atom is -0.370 e. The number of likely N-dealkylation sites (N-methyl/N-ethyl adjacent to an activating group) is 1. The van der Waals surface area contributed by atoms with Crippen LogP contribution in [0.15, 0.2) is 12.3 Å². The molecular weight excluding hydrogens is 216 g/mol. The number of morpholine rings is 1. The molecule has 94 valence electrons. The maximum atomic E-state index is 5.70. The van der Waals surface area contributed by atoms with E-state index < -0.39 is 0 Å². The Balaban J connectivity index is 2.04. The van der Waals surface area contributed by atoms with Crippen LogP contribution in [0.4, 0.5) is 5.82 Å². The molecule has 2 heterocycles. The molecule has 0 saturated carbocycles. The van der Waals surface area contributed by atoms with Crippen molar-refractivity contribution in [2.24, 2.45) is 0 Å². The molecule has 1 saturated heterocycles. The van der Waals surface area contributed by atoms with Gasteiger partial charge in [0.05, 0.1) is 6.61 Å². The Kier molecular flexibility index (Phi) is 4.28. The Morgan fingerprint density at radius 1 is 1.59 bits per heavy atom. The largest absolute Gasteiger partial charge is 0.370 e. The second kappa shape index (κ2) is 5.93. The van der Waals surface area contributed by atoms with Gasteiger partial charge in [-0.1, -0.05) is 6.92 Å². The summed E-state index contributed by atoms with van der Waals surface area (Å²) in [6, 6.07) is 1.89. The molecule has 0 amide bonds. The number of anilines is 1. The summed E-state index contributed by atoms with van der Waals surface area (Å²) in [5, 5.41) is 3.26. The van der Waals surface area contributed by atoms with Crippen molar-refractivity contribution in [1.82, 2.24) is 14.9 Å². The van der Waals surface area contributed by atoms with Crippen LogP contribution in [0.5, 0.6) is 0 Å². The molecule has 1 aromatic rings. The molecule has 1 atom stereocenters. The number of ether oxygens (including phenoxy) is 1. The summed E-state index contributed by atoms with van der Waals surface area (Å²) in [6.07, 6.45) is 2.87. The third-order valence-corrected chi connectivity index (χ3v) is 2.79. The minimum absolute atomic E-state index is 0.00266. The topological polar surface area (TPSA) is 50.3 Å². The van der Waals surface area contributed by atoms with Crippen molar-refractivity contribution in [2.45, 2.75) is 19.4 Å². The van der Waals surface area contributed by atoms with E-state index in [-0.39, 0.29) is 6.10 Å². The Bertz CT molecular complexity index is 358. The summed E-state index contributed by atoms with van der Waals surface area (Å²) in [6.45, 7) is 5.65. The molecule has 0 radical (unpaired) electrons. The third-order valence-electron chi connectivity index (χ3n) is 2.79. The summed E-state index contributed by atoms with van der Waals surface area (Å²) < 4.78 is 5.70. The second-order valence-corrected chi connectivity index (χ2v) is 4.35. The van der Waals surface area contributed by atoms with Crippen LogP contribution >= 0.6 is 0 Å². The lowest BCUT2D eigenvalue weighted by molar-refractivity contribution is -0.0254. The molecule has 0 spiro atoms. The van der Waals surface area contributed by atoms with E-state index in [0.717, 1.165) is 44.3 Å². The fourth-order valence-corrected chi connectivity index (χ4v) is 1.81. The van der Waals surface area contributed by atoms with Gasteiger partial charge >= 0.3 is 0 Å². The zero-order valence-corrected chi connectivity index (χ0v) is 10.5. The number of rotatable bonds is 4. The molecule has 17 heavy (non-hydrogen) atoms. The van der Waals surface area contributed by atoms with Crippen LogP contribution in [0.1, 0.15) is 25.3 Å². The molecule has 5 nitrogen and oxygen atoms in total. The van der Waals surface area contributed by atoms with Gasteiger partial charge in [-0.15, -0.1) is 0 Å². The molecule has 1 N–H and O–H groups in total. The second-order valence-electron chi connectivity index (χ2n) is 4.35. The maximum absolute atomic E-state index is 5.70. The lowest BCUT2D eigenvalue weighted by Gasteiger charge is -2.29. The van der Waals surface area contributed by atoms with E-state index in [2.05, 4.69) is 34.2 Å². The van der Waals surface area contributed by atoms with Gasteiger partial charge in [0.15, 0.2) is 5.82 Å². The van der Waals surface area contributed by atoms with Gasteiger partial charge in [-0.05, 0) is 19.5 Å². The molecule has 1 aliphatic rings. The number of hydrogen-bond acceptors (Lipinski definition) is 5. The molecule has 1 aromatic heterocycles. The SMILES string of the molecule is CCCNc1ccnc(C2CN(C)CCO2)n1. The fourth-order valence-electron chi connectivity index (χ4n) is 1.81. The standard InChI is InChI=1S/C12H20N4O/c1-3-5-13-11-4-6-14-12(15-11)10-9-16(2)7-8-17-10/h4,6,10H,3,5,7-9H2,1-2H3,(H,13,14,15). The molecule has 0 aromatic carbocycles. The van der Waals surface area contributed by atoms with E-state index >= 15 is 0 Å². The number of hydrogen-bond donors (Lipinski definition) is 1. The lowest BCUT2D eigenvalue weighted by Crippen LogP contribution is -2.36. The Hall–Kier alpha value is -1.20. The van der Waals surface area contributed by atoms with Gasteiger partial charge in [-0.25, -0.2) is 9.97 Å². The smallest absolute Gasteiger partial charge is 0.160 e. The van der Waals surface area contributed by atoms with E-state index in [1.807, 2.05) is 6.07 Å². The minimum atomic E-state index is -0.00266. The predicted octanol–water partition coefficient (Wildman–Crippen LogP) is 1.30. The van der Waals surface area contributed by atoms with E-state index in [4.69, 9.17) is 4.74 Å². The van der Waals surface area contributed by atoms with E-state index in [0.29, 0.717) is 0 Å². The summed E-state index contributed by atoms with van der Waals surface area (Å²) in [5.41, 5.74) is 0. The maximum Gasteiger partial charge on any atom is 0.160 e. The van der Waals surface area contributed by atoms with Gasteiger partial charge in [0.2, 0.25) is 0 Å². The number of aromatic nitrogens is 2. The average Bonchev–Trinajstić information content (AvgIpc) is 2.37. The Morgan fingerprint density at radius 3 is 3.24 bits per heavy atom. The summed E-state index contributed by atoms with van der Waals surface area (Å²) in [7, 11) is 2.09. The normalized spacial score (nSPS) is 21.4. The van der Waals surface area contributed by atoms with Gasteiger partial charge in [0, 0.05) is 25.8 Å². The zero-order chi connectivity index (χ0) is 12.1. The van der Waals surface area contributed by atoms with Crippen molar-refractivity contribution in [3.8, 4) is 0 Å². The Morgan fingerprint density at radius 2 is 2.47 bits per heavy atom. The van der Waals surface area contributed by atoms with Gasteiger partial charge in [0.1, 0.15) is 11.9 Å². The van der Waals surface area contributed by atoms with Gasteiger partial charge in [-0.2, -0.15) is 0 Å². The van der Waals surface area contributed by atoms with E-state index in [9.17, 15) is 0 Å². The molecular formula is C12H20N4O. The molecule has 0 bridgehead atoms.